The van der Waals surface area contributed by atoms with Gasteiger partial charge in [-0.25, -0.2) is 0 Å². The molecule has 3 nitrogen and oxygen atoms in total. The summed E-state index contributed by atoms with van der Waals surface area (Å²) in [5.74, 6) is -0.0318. The van der Waals surface area contributed by atoms with Crippen molar-refractivity contribution in [3.05, 3.63) is 78.1 Å². The van der Waals surface area contributed by atoms with Crippen molar-refractivity contribution in [1.29, 1.82) is 0 Å². The SMILES string of the molecule is NC(Cc1ccccc1)C(=O)c1cccc2cnccc12. The first-order valence-corrected chi connectivity index (χ1v) is 6.92. The van der Waals surface area contributed by atoms with E-state index in [-0.39, 0.29) is 5.78 Å². The summed E-state index contributed by atoms with van der Waals surface area (Å²) in [4.78, 5) is 16.7. The third kappa shape index (κ3) is 2.83. The van der Waals surface area contributed by atoms with E-state index in [4.69, 9.17) is 5.73 Å². The molecular weight excluding hydrogens is 260 g/mol. The van der Waals surface area contributed by atoms with Gasteiger partial charge >= 0.3 is 0 Å². The molecule has 104 valence electrons. The van der Waals surface area contributed by atoms with Gasteiger partial charge in [-0.05, 0) is 23.4 Å². The van der Waals surface area contributed by atoms with Gasteiger partial charge in [0, 0.05) is 23.3 Å². The predicted octanol–water partition coefficient (Wildman–Crippen LogP) is 2.99. The fourth-order valence-electron chi connectivity index (χ4n) is 2.50. The van der Waals surface area contributed by atoms with Gasteiger partial charge in [0.1, 0.15) is 0 Å². The predicted molar refractivity (Wildman–Crippen MR) is 84.2 cm³/mol. The first-order chi connectivity index (χ1) is 10.3. The molecule has 0 spiro atoms. The zero-order valence-electron chi connectivity index (χ0n) is 11.6. The lowest BCUT2D eigenvalue weighted by atomic mass is 9.95. The number of fused-ring (bicyclic) bond motifs is 1. The van der Waals surface area contributed by atoms with Crippen molar-refractivity contribution < 1.29 is 4.79 Å². The van der Waals surface area contributed by atoms with Gasteiger partial charge in [-0.1, -0.05) is 48.5 Å². The van der Waals surface area contributed by atoms with Crippen LogP contribution in [0.3, 0.4) is 0 Å². The maximum Gasteiger partial charge on any atom is 0.180 e. The summed E-state index contributed by atoms with van der Waals surface area (Å²) in [5.41, 5.74) is 7.84. The van der Waals surface area contributed by atoms with Gasteiger partial charge in [-0.3, -0.25) is 9.78 Å². The molecule has 3 heteroatoms. The van der Waals surface area contributed by atoms with Crippen molar-refractivity contribution in [2.75, 3.05) is 0 Å². The van der Waals surface area contributed by atoms with Gasteiger partial charge in [0.05, 0.1) is 6.04 Å². The quantitative estimate of drug-likeness (QED) is 0.745. The van der Waals surface area contributed by atoms with E-state index in [0.29, 0.717) is 12.0 Å². The van der Waals surface area contributed by atoms with E-state index in [1.807, 2.05) is 54.6 Å². The van der Waals surface area contributed by atoms with E-state index in [1.54, 1.807) is 12.4 Å². The fourth-order valence-corrected chi connectivity index (χ4v) is 2.50. The van der Waals surface area contributed by atoms with Gasteiger partial charge in [0.15, 0.2) is 5.78 Å². The zero-order chi connectivity index (χ0) is 14.7. The minimum absolute atomic E-state index is 0.0318. The Balaban J connectivity index is 1.90. The summed E-state index contributed by atoms with van der Waals surface area (Å²) >= 11 is 0. The summed E-state index contributed by atoms with van der Waals surface area (Å²) in [7, 11) is 0. The summed E-state index contributed by atoms with van der Waals surface area (Å²) in [6, 6.07) is 16.8. The van der Waals surface area contributed by atoms with Crippen LogP contribution in [0.5, 0.6) is 0 Å². The summed E-state index contributed by atoms with van der Waals surface area (Å²) in [5, 5.41) is 1.86. The molecule has 3 aromatic rings. The Kier molecular flexibility index (Phi) is 3.75. The highest BCUT2D eigenvalue weighted by molar-refractivity contribution is 6.10. The average Bonchev–Trinajstić information content (AvgIpc) is 2.54. The molecule has 2 N–H and O–H groups in total. The Morgan fingerprint density at radius 2 is 1.86 bits per heavy atom. The van der Waals surface area contributed by atoms with Crippen LogP contribution in [0.2, 0.25) is 0 Å². The van der Waals surface area contributed by atoms with Gasteiger partial charge in [-0.15, -0.1) is 0 Å². The van der Waals surface area contributed by atoms with Crippen LogP contribution in [-0.4, -0.2) is 16.8 Å². The normalized spacial score (nSPS) is 12.2. The van der Waals surface area contributed by atoms with E-state index in [2.05, 4.69) is 4.98 Å². The van der Waals surface area contributed by atoms with Gasteiger partial charge in [0.2, 0.25) is 0 Å². The number of Topliss-reactive ketones (excluding diaryl/α,β-unsaturated/α-hetero) is 1. The number of hydrogen-bond donors (Lipinski definition) is 1. The highest BCUT2D eigenvalue weighted by Crippen LogP contribution is 2.19. The van der Waals surface area contributed by atoms with Gasteiger partial charge in [-0.2, -0.15) is 0 Å². The molecule has 0 saturated carbocycles. The average molecular weight is 276 g/mol. The second-order valence-electron chi connectivity index (χ2n) is 5.06. The number of aromatic nitrogens is 1. The van der Waals surface area contributed by atoms with E-state index in [1.165, 1.54) is 0 Å². The fraction of sp³-hybridized carbons (Fsp3) is 0.111. The number of carbonyl (C=O) groups is 1. The Bertz CT molecular complexity index is 763. The van der Waals surface area contributed by atoms with Crippen LogP contribution < -0.4 is 5.73 Å². The monoisotopic (exact) mass is 276 g/mol. The highest BCUT2D eigenvalue weighted by Gasteiger charge is 2.18. The number of carbonyl (C=O) groups excluding carboxylic acids is 1. The molecule has 0 aliphatic rings. The van der Waals surface area contributed by atoms with Gasteiger partial charge < -0.3 is 5.73 Å². The molecule has 0 aliphatic carbocycles. The molecule has 0 bridgehead atoms. The van der Waals surface area contributed by atoms with Crippen molar-refractivity contribution >= 4 is 16.6 Å². The minimum atomic E-state index is -0.536. The molecular formula is C18H16N2O. The first kappa shape index (κ1) is 13.5. The van der Waals surface area contributed by atoms with Crippen LogP contribution in [-0.2, 0) is 6.42 Å². The second-order valence-corrected chi connectivity index (χ2v) is 5.06. The van der Waals surface area contributed by atoms with Crippen molar-refractivity contribution in [2.45, 2.75) is 12.5 Å². The lowest BCUT2D eigenvalue weighted by Gasteiger charge is -2.12. The molecule has 3 rings (SSSR count). The molecule has 1 aromatic heterocycles. The Morgan fingerprint density at radius 3 is 2.67 bits per heavy atom. The number of ketones is 1. The van der Waals surface area contributed by atoms with Crippen LogP contribution in [0, 0.1) is 0 Å². The number of benzene rings is 2. The van der Waals surface area contributed by atoms with Crippen LogP contribution in [0.25, 0.3) is 10.8 Å². The van der Waals surface area contributed by atoms with Crippen molar-refractivity contribution in [3.8, 4) is 0 Å². The maximum absolute atomic E-state index is 12.6. The summed E-state index contributed by atoms with van der Waals surface area (Å²) < 4.78 is 0. The van der Waals surface area contributed by atoms with Crippen molar-refractivity contribution in [2.24, 2.45) is 5.73 Å². The third-order valence-electron chi connectivity index (χ3n) is 3.58. The third-order valence-corrected chi connectivity index (χ3v) is 3.58. The van der Waals surface area contributed by atoms with E-state index in [9.17, 15) is 4.79 Å². The molecule has 2 aromatic carbocycles. The number of nitrogens with two attached hydrogens (primary N) is 1. The Labute approximate surface area is 123 Å². The van der Waals surface area contributed by atoms with Crippen molar-refractivity contribution in [3.63, 3.8) is 0 Å². The second kappa shape index (κ2) is 5.85. The molecule has 1 unspecified atom stereocenters. The number of pyridine rings is 1. The molecule has 1 heterocycles. The number of rotatable bonds is 4. The molecule has 0 amide bonds. The van der Waals surface area contributed by atoms with E-state index in [0.717, 1.165) is 16.3 Å². The lowest BCUT2D eigenvalue weighted by molar-refractivity contribution is 0.0962. The van der Waals surface area contributed by atoms with Crippen LogP contribution >= 0.6 is 0 Å². The Morgan fingerprint density at radius 1 is 1.05 bits per heavy atom. The molecule has 0 fully saturated rings. The van der Waals surface area contributed by atoms with Crippen LogP contribution in [0.1, 0.15) is 15.9 Å². The highest BCUT2D eigenvalue weighted by atomic mass is 16.1. The topological polar surface area (TPSA) is 56.0 Å². The minimum Gasteiger partial charge on any atom is -0.321 e. The molecule has 1 atom stereocenters. The standard InChI is InChI=1S/C18H16N2O/c19-17(11-13-5-2-1-3-6-13)18(21)16-8-4-7-14-12-20-10-9-15(14)16/h1-10,12,17H,11,19H2. The van der Waals surface area contributed by atoms with Crippen molar-refractivity contribution in [1.82, 2.24) is 4.98 Å². The lowest BCUT2D eigenvalue weighted by Crippen LogP contribution is -2.32. The summed E-state index contributed by atoms with van der Waals surface area (Å²) in [6.45, 7) is 0. The maximum atomic E-state index is 12.6. The van der Waals surface area contributed by atoms with Gasteiger partial charge in [0.25, 0.3) is 0 Å². The van der Waals surface area contributed by atoms with Crippen LogP contribution in [0.15, 0.2) is 67.0 Å². The number of nitrogens with zero attached hydrogens (tertiary/aromatic N) is 1. The van der Waals surface area contributed by atoms with Crippen LogP contribution in [0.4, 0.5) is 0 Å². The largest absolute Gasteiger partial charge is 0.321 e. The summed E-state index contributed by atoms with van der Waals surface area (Å²) in [6.07, 6.45) is 4.00. The molecule has 0 radical (unpaired) electrons. The zero-order valence-corrected chi connectivity index (χ0v) is 11.6. The first-order valence-electron chi connectivity index (χ1n) is 6.92. The Hall–Kier alpha value is -2.52. The number of hydrogen-bond acceptors (Lipinski definition) is 3. The smallest absolute Gasteiger partial charge is 0.180 e. The van der Waals surface area contributed by atoms with E-state index >= 15 is 0 Å². The molecule has 0 aliphatic heterocycles. The molecule has 0 saturated heterocycles. The molecule has 21 heavy (non-hydrogen) atoms. The van der Waals surface area contributed by atoms with E-state index < -0.39 is 6.04 Å².